The van der Waals surface area contributed by atoms with E-state index in [2.05, 4.69) is 40.4 Å². The number of aromatic nitrogens is 1. The Hall–Kier alpha value is -3.74. The van der Waals surface area contributed by atoms with Crippen LogP contribution in [0.4, 0.5) is 11.4 Å². The second kappa shape index (κ2) is 12.3. The van der Waals surface area contributed by atoms with E-state index in [9.17, 15) is 9.90 Å². The van der Waals surface area contributed by atoms with E-state index in [1.165, 1.54) is 0 Å². The first-order valence-electron chi connectivity index (χ1n) is 12.6. The number of nitrogens with zero attached hydrogens (tertiary/aromatic N) is 2. The minimum absolute atomic E-state index is 0.354. The molecule has 0 fully saturated rings. The molecule has 0 aliphatic carbocycles. The van der Waals surface area contributed by atoms with Gasteiger partial charge in [0, 0.05) is 29.4 Å². The van der Waals surface area contributed by atoms with Crippen LogP contribution in [0.15, 0.2) is 85.1 Å². The molecule has 36 heavy (non-hydrogen) atoms. The largest absolute Gasteiger partial charge is 0.369 e. The van der Waals surface area contributed by atoms with Gasteiger partial charge in [-0.2, -0.15) is 0 Å². The molecule has 186 valence electrons. The number of hydrogen-bond acceptors (Lipinski definition) is 5. The molecule has 0 bridgehead atoms. The number of para-hydroxylation sites is 1. The number of pyridine rings is 1. The Morgan fingerprint density at radius 1 is 0.917 bits per heavy atom. The lowest BCUT2D eigenvalue weighted by molar-refractivity contribution is 0.0784. The Morgan fingerprint density at radius 3 is 2.47 bits per heavy atom. The van der Waals surface area contributed by atoms with Gasteiger partial charge in [-0.15, -0.1) is 0 Å². The quantitative estimate of drug-likeness (QED) is 0.228. The van der Waals surface area contributed by atoms with Crippen LogP contribution < -0.4 is 10.6 Å². The molecule has 1 unspecified atom stereocenters. The number of carbonyl (C=O) groups is 1. The number of amides is 1. The molecule has 0 aliphatic rings. The Labute approximate surface area is 213 Å². The van der Waals surface area contributed by atoms with Crippen LogP contribution in [0, 0.1) is 0 Å². The first-order chi connectivity index (χ1) is 17.6. The number of fused-ring (bicyclic) bond motifs is 1. The molecule has 6 nitrogen and oxygen atoms in total. The van der Waals surface area contributed by atoms with Crippen molar-refractivity contribution in [2.75, 3.05) is 18.4 Å². The van der Waals surface area contributed by atoms with Crippen molar-refractivity contribution in [3.8, 4) is 0 Å². The summed E-state index contributed by atoms with van der Waals surface area (Å²) in [5, 5.41) is 18.0. The van der Waals surface area contributed by atoms with Gasteiger partial charge in [0.2, 0.25) is 0 Å². The van der Waals surface area contributed by atoms with Crippen molar-refractivity contribution < 1.29 is 9.90 Å². The lowest BCUT2D eigenvalue weighted by Gasteiger charge is -2.22. The normalized spacial score (nSPS) is 12.0. The molecule has 0 aliphatic heterocycles. The molecule has 4 rings (SSSR count). The van der Waals surface area contributed by atoms with E-state index >= 15 is 0 Å². The first kappa shape index (κ1) is 25.4. The molecular weight excluding hydrogens is 448 g/mol. The van der Waals surface area contributed by atoms with E-state index in [1.807, 2.05) is 66.7 Å². The highest BCUT2D eigenvalue weighted by Gasteiger charge is 2.17. The third kappa shape index (κ3) is 6.27. The fourth-order valence-electron chi connectivity index (χ4n) is 4.45. The van der Waals surface area contributed by atoms with E-state index in [1.54, 1.807) is 12.3 Å². The Morgan fingerprint density at radius 2 is 1.67 bits per heavy atom. The van der Waals surface area contributed by atoms with Gasteiger partial charge in [-0.25, -0.2) is 0 Å². The van der Waals surface area contributed by atoms with E-state index in [0.29, 0.717) is 16.8 Å². The molecular formula is C30H34N4O2. The zero-order chi connectivity index (χ0) is 25.3. The monoisotopic (exact) mass is 482 g/mol. The molecule has 3 aromatic carbocycles. The number of anilines is 2. The summed E-state index contributed by atoms with van der Waals surface area (Å²) in [4.78, 5) is 20.0. The molecule has 1 heterocycles. The van der Waals surface area contributed by atoms with Crippen LogP contribution >= 0.6 is 0 Å². The second-order valence-corrected chi connectivity index (χ2v) is 8.94. The van der Waals surface area contributed by atoms with Crippen LogP contribution in [0.3, 0.4) is 0 Å². The highest BCUT2D eigenvalue weighted by Crippen LogP contribution is 2.27. The number of rotatable bonds is 11. The third-order valence-electron chi connectivity index (χ3n) is 6.11. The van der Waals surface area contributed by atoms with Crippen molar-refractivity contribution in [3.63, 3.8) is 0 Å². The fourth-order valence-corrected chi connectivity index (χ4v) is 4.45. The SMILES string of the molecule is CCCN(CCC)Cc1cccc(C(O)NC(=O)c2ccccc2Nc2cccc3ncccc23)c1. The van der Waals surface area contributed by atoms with Crippen LogP contribution in [0.5, 0.6) is 0 Å². The van der Waals surface area contributed by atoms with E-state index < -0.39 is 6.23 Å². The smallest absolute Gasteiger partial charge is 0.255 e. The van der Waals surface area contributed by atoms with Crippen LogP contribution in [0.2, 0.25) is 0 Å². The minimum Gasteiger partial charge on any atom is -0.369 e. The van der Waals surface area contributed by atoms with Crippen molar-refractivity contribution in [2.45, 2.75) is 39.5 Å². The van der Waals surface area contributed by atoms with Crippen LogP contribution in [-0.4, -0.2) is 34.0 Å². The van der Waals surface area contributed by atoms with Gasteiger partial charge in [-0.3, -0.25) is 14.7 Å². The van der Waals surface area contributed by atoms with Gasteiger partial charge < -0.3 is 15.7 Å². The minimum atomic E-state index is -1.11. The third-order valence-corrected chi connectivity index (χ3v) is 6.11. The predicted octanol–water partition coefficient (Wildman–Crippen LogP) is 6.02. The molecule has 1 atom stereocenters. The standard InChI is InChI=1S/C30H34N4O2/c1-3-18-34(19-4-2)21-22-10-7-11-23(20-22)29(35)33-30(36)25-12-5-6-14-28(25)32-27-16-8-15-26-24(27)13-9-17-31-26/h5-17,20,29,32,35H,3-4,18-19,21H2,1-2H3,(H,33,36). The lowest BCUT2D eigenvalue weighted by Crippen LogP contribution is -2.29. The zero-order valence-corrected chi connectivity index (χ0v) is 20.9. The number of benzene rings is 3. The Bertz CT molecular complexity index is 1300. The van der Waals surface area contributed by atoms with Crippen molar-refractivity contribution >= 4 is 28.2 Å². The summed E-state index contributed by atoms with van der Waals surface area (Å²) in [6.45, 7) is 7.26. The number of aliphatic hydroxyl groups is 1. The van der Waals surface area contributed by atoms with Crippen molar-refractivity contribution in [1.82, 2.24) is 15.2 Å². The van der Waals surface area contributed by atoms with Gasteiger partial charge in [0.05, 0.1) is 16.8 Å². The first-order valence-corrected chi connectivity index (χ1v) is 12.6. The summed E-state index contributed by atoms with van der Waals surface area (Å²) in [5.41, 5.74) is 4.62. The summed E-state index contributed by atoms with van der Waals surface area (Å²) >= 11 is 0. The second-order valence-electron chi connectivity index (χ2n) is 8.94. The molecule has 0 saturated carbocycles. The average Bonchev–Trinajstić information content (AvgIpc) is 2.89. The Kier molecular flexibility index (Phi) is 8.66. The van der Waals surface area contributed by atoms with Crippen LogP contribution in [0.1, 0.15) is 54.4 Å². The number of carbonyl (C=O) groups excluding carboxylic acids is 1. The topological polar surface area (TPSA) is 77.5 Å². The van der Waals surface area contributed by atoms with E-state index in [0.717, 1.165) is 54.6 Å². The maximum atomic E-state index is 13.2. The molecule has 4 aromatic rings. The Balaban J connectivity index is 1.49. The molecule has 0 saturated heterocycles. The predicted molar refractivity (Wildman–Crippen MR) is 146 cm³/mol. The van der Waals surface area contributed by atoms with Gasteiger partial charge in [-0.05, 0) is 67.9 Å². The van der Waals surface area contributed by atoms with Gasteiger partial charge in [0.25, 0.3) is 5.91 Å². The van der Waals surface area contributed by atoms with E-state index in [-0.39, 0.29) is 5.91 Å². The summed E-state index contributed by atoms with van der Waals surface area (Å²) in [5.74, 6) is -0.354. The highest BCUT2D eigenvalue weighted by molar-refractivity contribution is 6.02. The summed E-state index contributed by atoms with van der Waals surface area (Å²) in [6, 6.07) is 24.8. The fraction of sp³-hybridized carbons (Fsp3) is 0.267. The maximum Gasteiger partial charge on any atom is 0.255 e. The molecule has 6 heteroatoms. The van der Waals surface area contributed by atoms with Crippen molar-refractivity contribution in [3.05, 3.63) is 102 Å². The zero-order valence-electron chi connectivity index (χ0n) is 20.9. The summed E-state index contributed by atoms with van der Waals surface area (Å²) < 4.78 is 0. The molecule has 1 amide bonds. The molecule has 1 aromatic heterocycles. The maximum absolute atomic E-state index is 13.2. The van der Waals surface area contributed by atoms with Crippen LogP contribution in [-0.2, 0) is 6.54 Å². The average molecular weight is 483 g/mol. The highest BCUT2D eigenvalue weighted by atomic mass is 16.3. The van der Waals surface area contributed by atoms with Crippen molar-refractivity contribution in [2.24, 2.45) is 0 Å². The summed E-state index contributed by atoms with van der Waals surface area (Å²) in [6.07, 6.45) is 2.84. The van der Waals surface area contributed by atoms with Gasteiger partial charge in [0.1, 0.15) is 0 Å². The lowest BCUT2D eigenvalue weighted by atomic mass is 10.1. The van der Waals surface area contributed by atoms with Gasteiger partial charge in [-0.1, -0.05) is 56.3 Å². The van der Waals surface area contributed by atoms with Gasteiger partial charge in [0.15, 0.2) is 6.23 Å². The van der Waals surface area contributed by atoms with Gasteiger partial charge >= 0.3 is 0 Å². The molecule has 0 spiro atoms. The van der Waals surface area contributed by atoms with Crippen LogP contribution in [0.25, 0.3) is 10.9 Å². The van der Waals surface area contributed by atoms with Crippen molar-refractivity contribution in [1.29, 1.82) is 0 Å². The summed E-state index contributed by atoms with van der Waals surface area (Å²) in [7, 11) is 0. The number of nitrogens with one attached hydrogen (secondary N) is 2. The molecule has 3 N–H and O–H groups in total. The molecule has 0 radical (unpaired) electrons. The number of hydrogen-bond donors (Lipinski definition) is 3. The van der Waals surface area contributed by atoms with E-state index in [4.69, 9.17) is 0 Å². The number of aliphatic hydroxyl groups excluding tert-OH is 1.